The highest BCUT2D eigenvalue weighted by atomic mass is 32.2. The average Bonchev–Trinajstić information content (AvgIpc) is 2.17. The van der Waals surface area contributed by atoms with E-state index >= 15 is 0 Å². The molecule has 1 saturated heterocycles. The van der Waals surface area contributed by atoms with Crippen LogP contribution in [0.25, 0.3) is 0 Å². The quantitative estimate of drug-likeness (QED) is 0.719. The third-order valence-electron chi connectivity index (χ3n) is 2.39. The highest BCUT2D eigenvalue weighted by Crippen LogP contribution is 2.21. The minimum Gasteiger partial charge on any atom is -0.384 e. The summed E-state index contributed by atoms with van der Waals surface area (Å²) in [5.74, 6) is 2.05. The number of hydrogen-bond acceptors (Lipinski definition) is 3. The van der Waals surface area contributed by atoms with E-state index in [9.17, 15) is 4.79 Å². The molecule has 1 fully saturated rings. The van der Waals surface area contributed by atoms with Crippen LogP contribution in [0.1, 0.15) is 19.8 Å². The fraction of sp³-hybridized carbons (Fsp3) is 0.889. The molecular weight excluding hydrogens is 186 g/mol. The van der Waals surface area contributed by atoms with Gasteiger partial charge in [0.1, 0.15) is 6.10 Å². The Kier molecular flexibility index (Phi) is 4.06. The van der Waals surface area contributed by atoms with Crippen molar-refractivity contribution in [3.05, 3.63) is 0 Å². The molecule has 0 aromatic rings. The van der Waals surface area contributed by atoms with Crippen LogP contribution in [0.5, 0.6) is 0 Å². The molecule has 0 bridgehead atoms. The van der Waals surface area contributed by atoms with E-state index in [0.29, 0.717) is 6.04 Å². The van der Waals surface area contributed by atoms with E-state index in [1.54, 1.807) is 11.9 Å². The summed E-state index contributed by atoms with van der Waals surface area (Å²) in [6.45, 7) is 1.52. The second-order valence-electron chi connectivity index (χ2n) is 3.50. The van der Waals surface area contributed by atoms with Crippen molar-refractivity contribution in [3.8, 4) is 0 Å². The van der Waals surface area contributed by atoms with Crippen molar-refractivity contribution >= 4 is 17.7 Å². The first-order valence-corrected chi connectivity index (χ1v) is 5.81. The lowest BCUT2D eigenvalue weighted by atomic mass is 10.1. The third-order valence-corrected chi connectivity index (χ3v) is 3.59. The van der Waals surface area contributed by atoms with Gasteiger partial charge < -0.3 is 10.0 Å². The summed E-state index contributed by atoms with van der Waals surface area (Å²) in [4.78, 5) is 13.1. The standard InChI is InChI=1S/C9H17NO2S/c1-7(11)9(12)10(2)8-4-3-5-13-6-8/h7-8,11H,3-6H2,1-2H3/t7-,8?/m0/s1. The number of aliphatic hydroxyl groups is 1. The number of carbonyl (C=O) groups is 1. The van der Waals surface area contributed by atoms with Crippen LogP contribution in [0.3, 0.4) is 0 Å². The molecule has 0 saturated carbocycles. The molecule has 1 aliphatic rings. The predicted molar refractivity (Wildman–Crippen MR) is 54.8 cm³/mol. The van der Waals surface area contributed by atoms with Crippen molar-refractivity contribution in [3.63, 3.8) is 0 Å². The van der Waals surface area contributed by atoms with E-state index in [4.69, 9.17) is 5.11 Å². The summed E-state index contributed by atoms with van der Waals surface area (Å²) < 4.78 is 0. The Hall–Kier alpha value is -0.220. The van der Waals surface area contributed by atoms with Crippen LogP contribution in [-0.2, 0) is 4.79 Å². The molecule has 13 heavy (non-hydrogen) atoms. The maximum absolute atomic E-state index is 11.4. The molecule has 3 nitrogen and oxygen atoms in total. The van der Waals surface area contributed by atoms with Crippen LogP contribution < -0.4 is 0 Å². The summed E-state index contributed by atoms with van der Waals surface area (Å²) in [5.41, 5.74) is 0. The second-order valence-corrected chi connectivity index (χ2v) is 4.65. The monoisotopic (exact) mass is 203 g/mol. The number of likely N-dealkylation sites (N-methyl/N-ethyl adjacent to an activating group) is 1. The van der Waals surface area contributed by atoms with E-state index in [2.05, 4.69) is 0 Å². The Morgan fingerprint density at radius 2 is 2.38 bits per heavy atom. The highest BCUT2D eigenvalue weighted by Gasteiger charge is 2.24. The molecule has 1 N–H and O–H groups in total. The number of hydrogen-bond donors (Lipinski definition) is 1. The molecule has 0 aromatic carbocycles. The lowest BCUT2D eigenvalue weighted by molar-refractivity contribution is -0.139. The minimum atomic E-state index is -0.864. The van der Waals surface area contributed by atoms with Gasteiger partial charge in [0.2, 0.25) is 0 Å². The smallest absolute Gasteiger partial charge is 0.251 e. The Bertz CT molecular complexity index is 178. The summed E-state index contributed by atoms with van der Waals surface area (Å²) >= 11 is 1.88. The summed E-state index contributed by atoms with van der Waals surface area (Å²) in [6.07, 6.45) is 1.38. The molecule has 1 rings (SSSR count). The summed E-state index contributed by atoms with van der Waals surface area (Å²) in [7, 11) is 1.78. The lowest BCUT2D eigenvalue weighted by Gasteiger charge is -2.31. The first-order chi connectivity index (χ1) is 6.13. The number of nitrogens with zero attached hydrogens (tertiary/aromatic N) is 1. The zero-order valence-corrected chi connectivity index (χ0v) is 9.01. The van der Waals surface area contributed by atoms with Crippen molar-refractivity contribution in [1.29, 1.82) is 0 Å². The molecule has 1 aliphatic heterocycles. The van der Waals surface area contributed by atoms with Gasteiger partial charge in [0.15, 0.2) is 0 Å². The fourth-order valence-corrected chi connectivity index (χ4v) is 2.70. The molecule has 1 heterocycles. The number of rotatable bonds is 2. The molecule has 0 spiro atoms. The fourth-order valence-electron chi connectivity index (χ4n) is 1.50. The zero-order chi connectivity index (χ0) is 9.84. The summed E-state index contributed by atoms with van der Waals surface area (Å²) in [5, 5.41) is 9.12. The van der Waals surface area contributed by atoms with Crippen LogP contribution in [-0.4, -0.2) is 46.6 Å². The minimum absolute atomic E-state index is 0.160. The van der Waals surface area contributed by atoms with Gasteiger partial charge in [-0.2, -0.15) is 11.8 Å². The topological polar surface area (TPSA) is 40.5 Å². The molecule has 1 unspecified atom stereocenters. The van der Waals surface area contributed by atoms with Gasteiger partial charge in [-0.15, -0.1) is 0 Å². The number of aliphatic hydroxyl groups excluding tert-OH is 1. The van der Waals surface area contributed by atoms with Gasteiger partial charge in [0.05, 0.1) is 0 Å². The van der Waals surface area contributed by atoms with Gasteiger partial charge in [-0.25, -0.2) is 0 Å². The van der Waals surface area contributed by atoms with Crippen molar-refractivity contribution in [2.75, 3.05) is 18.6 Å². The Labute approximate surface area is 83.5 Å². The van der Waals surface area contributed by atoms with Crippen LogP contribution in [0.2, 0.25) is 0 Å². The lowest BCUT2D eigenvalue weighted by Crippen LogP contribution is -2.44. The normalized spacial score (nSPS) is 25.3. The average molecular weight is 203 g/mol. The van der Waals surface area contributed by atoms with Crippen LogP contribution in [0, 0.1) is 0 Å². The third kappa shape index (κ3) is 2.88. The van der Waals surface area contributed by atoms with Gasteiger partial charge in [-0.05, 0) is 25.5 Å². The maximum Gasteiger partial charge on any atom is 0.251 e. The predicted octanol–water partition coefficient (Wildman–Crippen LogP) is 0.721. The molecule has 0 radical (unpaired) electrons. The second kappa shape index (κ2) is 4.86. The maximum atomic E-state index is 11.4. The Morgan fingerprint density at radius 3 is 2.85 bits per heavy atom. The van der Waals surface area contributed by atoms with Crippen molar-refractivity contribution < 1.29 is 9.90 Å². The van der Waals surface area contributed by atoms with Crippen LogP contribution in [0.15, 0.2) is 0 Å². The summed E-state index contributed by atoms with van der Waals surface area (Å²) in [6, 6.07) is 0.320. The van der Waals surface area contributed by atoms with Gasteiger partial charge in [0, 0.05) is 18.8 Å². The molecule has 1 amide bonds. The van der Waals surface area contributed by atoms with Gasteiger partial charge in [0.25, 0.3) is 5.91 Å². The molecule has 4 heteroatoms. The first-order valence-electron chi connectivity index (χ1n) is 4.65. The molecule has 2 atom stereocenters. The van der Waals surface area contributed by atoms with E-state index in [-0.39, 0.29) is 5.91 Å². The number of thioether (sulfide) groups is 1. The van der Waals surface area contributed by atoms with Crippen LogP contribution >= 0.6 is 11.8 Å². The van der Waals surface area contributed by atoms with Gasteiger partial charge >= 0.3 is 0 Å². The van der Waals surface area contributed by atoms with Crippen molar-refractivity contribution in [2.45, 2.75) is 31.9 Å². The van der Waals surface area contributed by atoms with Gasteiger partial charge in [-0.3, -0.25) is 4.79 Å². The van der Waals surface area contributed by atoms with Crippen LogP contribution in [0.4, 0.5) is 0 Å². The van der Waals surface area contributed by atoms with E-state index in [1.807, 2.05) is 11.8 Å². The van der Waals surface area contributed by atoms with E-state index in [1.165, 1.54) is 19.1 Å². The first kappa shape index (κ1) is 10.9. The van der Waals surface area contributed by atoms with Crippen molar-refractivity contribution in [2.24, 2.45) is 0 Å². The molecule has 0 aliphatic carbocycles. The van der Waals surface area contributed by atoms with E-state index in [0.717, 1.165) is 12.2 Å². The number of carbonyl (C=O) groups excluding carboxylic acids is 1. The van der Waals surface area contributed by atoms with E-state index < -0.39 is 6.10 Å². The zero-order valence-electron chi connectivity index (χ0n) is 8.19. The highest BCUT2D eigenvalue weighted by molar-refractivity contribution is 7.99. The molecule has 0 aromatic heterocycles. The molecule has 76 valence electrons. The van der Waals surface area contributed by atoms with Crippen molar-refractivity contribution in [1.82, 2.24) is 4.90 Å². The Morgan fingerprint density at radius 1 is 1.69 bits per heavy atom. The largest absolute Gasteiger partial charge is 0.384 e. The Balaban J connectivity index is 2.45. The number of amides is 1. The molecular formula is C9H17NO2S. The van der Waals surface area contributed by atoms with Gasteiger partial charge in [-0.1, -0.05) is 0 Å². The SMILES string of the molecule is C[C@H](O)C(=O)N(C)C1CCCSC1.